The molecule has 0 radical (unpaired) electrons. The Kier molecular flexibility index (Phi) is 6.73. The number of anilines is 1. The molecular weight excluding hydrogens is 394 g/mol. The van der Waals surface area contributed by atoms with Crippen LogP contribution in [0.15, 0.2) is 15.3 Å². The van der Waals surface area contributed by atoms with Crippen LogP contribution >= 0.6 is 35.6 Å². The number of aromatic nitrogens is 2. The van der Waals surface area contributed by atoms with Crippen molar-refractivity contribution in [1.82, 2.24) is 15.5 Å². The monoisotopic (exact) mass is 410 g/mol. The largest absolute Gasteiger partial charge is 0.434 e. The van der Waals surface area contributed by atoms with E-state index in [9.17, 15) is 9.18 Å². The molecule has 0 amide bonds. The minimum Gasteiger partial charge on any atom is -0.388 e. The van der Waals surface area contributed by atoms with Crippen molar-refractivity contribution < 1.29 is 8.81 Å². The second-order valence-corrected chi connectivity index (χ2v) is 6.63. The van der Waals surface area contributed by atoms with Gasteiger partial charge < -0.3 is 15.1 Å². The van der Waals surface area contributed by atoms with Gasteiger partial charge in [-0.3, -0.25) is 0 Å². The summed E-state index contributed by atoms with van der Waals surface area (Å²) < 4.78 is 19.7. The number of H-pyrrole nitrogens is 1. The zero-order valence-electron chi connectivity index (χ0n) is 13.4. The summed E-state index contributed by atoms with van der Waals surface area (Å²) in [6.45, 7) is 3.86. The van der Waals surface area contributed by atoms with E-state index in [1.54, 1.807) is 0 Å². The number of piperidine rings is 1. The van der Waals surface area contributed by atoms with Crippen LogP contribution in [-0.2, 0) is 0 Å². The number of halogens is 4. The molecule has 6 nitrogen and oxygen atoms in total. The molecule has 2 aromatic rings. The Balaban J connectivity index is 0.00000225. The van der Waals surface area contributed by atoms with Crippen molar-refractivity contribution in [3.05, 3.63) is 32.5 Å². The van der Waals surface area contributed by atoms with Crippen LogP contribution in [0.1, 0.15) is 19.8 Å². The molecule has 138 valence electrons. The fourth-order valence-electron chi connectivity index (χ4n) is 2.92. The van der Waals surface area contributed by atoms with E-state index in [4.69, 9.17) is 27.6 Å². The number of hydrogen-bond donors (Lipinski definition) is 3. The molecule has 1 unspecified atom stereocenters. The third-order valence-electron chi connectivity index (χ3n) is 4.29. The van der Waals surface area contributed by atoms with Gasteiger partial charge in [0.1, 0.15) is 0 Å². The van der Waals surface area contributed by atoms with Gasteiger partial charge in [-0.15, -0.1) is 17.5 Å². The van der Waals surface area contributed by atoms with Crippen LogP contribution in [0, 0.1) is 11.7 Å². The molecule has 25 heavy (non-hydrogen) atoms. The summed E-state index contributed by atoms with van der Waals surface area (Å²) in [6, 6.07) is 1.30. The average Bonchev–Trinajstić information content (AvgIpc) is 3.01. The summed E-state index contributed by atoms with van der Waals surface area (Å²) >= 11 is 12.3. The highest BCUT2D eigenvalue weighted by Crippen LogP contribution is 2.39. The van der Waals surface area contributed by atoms with Crippen molar-refractivity contribution >= 4 is 41.3 Å². The lowest BCUT2D eigenvalue weighted by atomic mass is 9.91. The average molecular weight is 412 g/mol. The molecule has 3 N–H and O–H groups in total. The molecule has 0 aliphatic carbocycles. The molecule has 0 bridgehead atoms. The van der Waals surface area contributed by atoms with Crippen molar-refractivity contribution in [2.24, 2.45) is 5.92 Å². The van der Waals surface area contributed by atoms with Gasteiger partial charge in [-0.25, -0.2) is 14.3 Å². The van der Waals surface area contributed by atoms with Gasteiger partial charge in [-0.2, -0.15) is 0 Å². The first-order valence-corrected chi connectivity index (χ1v) is 8.43. The molecular formula is C15H18Cl3FN4O2. The van der Waals surface area contributed by atoms with Crippen LogP contribution in [0.5, 0.6) is 0 Å². The number of aromatic amines is 1. The summed E-state index contributed by atoms with van der Waals surface area (Å²) in [5, 5.41) is 12.4. The molecule has 3 rings (SSSR count). The normalized spacial score (nSPS) is 16.3. The van der Waals surface area contributed by atoms with Gasteiger partial charge in [0.05, 0.1) is 21.3 Å². The Labute approximate surface area is 159 Å². The zero-order chi connectivity index (χ0) is 17.3. The van der Waals surface area contributed by atoms with E-state index in [1.807, 2.05) is 6.92 Å². The topological polar surface area (TPSA) is 83.0 Å². The van der Waals surface area contributed by atoms with Crippen molar-refractivity contribution in [3.63, 3.8) is 0 Å². The summed E-state index contributed by atoms with van der Waals surface area (Å²) in [5.41, 5.74) is 0.0682. The second kappa shape index (κ2) is 8.40. The van der Waals surface area contributed by atoms with E-state index in [2.05, 4.69) is 20.8 Å². The Morgan fingerprint density at radius 1 is 1.40 bits per heavy atom. The van der Waals surface area contributed by atoms with Crippen molar-refractivity contribution in [2.45, 2.75) is 25.8 Å². The van der Waals surface area contributed by atoms with Gasteiger partial charge in [0.15, 0.2) is 5.82 Å². The molecule has 1 aliphatic heterocycles. The van der Waals surface area contributed by atoms with Crippen molar-refractivity contribution in [1.29, 1.82) is 0 Å². The molecule has 1 fully saturated rings. The van der Waals surface area contributed by atoms with Gasteiger partial charge in [0.2, 0.25) is 0 Å². The van der Waals surface area contributed by atoms with Crippen LogP contribution in [0.3, 0.4) is 0 Å². The quantitative estimate of drug-likeness (QED) is 0.668. The first-order chi connectivity index (χ1) is 11.5. The summed E-state index contributed by atoms with van der Waals surface area (Å²) in [5.74, 6) is -1.20. The lowest BCUT2D eigenvalue weighted by Gasteiger charge is -2.30. The van der Waals surface area contributed by atoms with E-state index in [0.29, 0.717) is 5.92 Å². The minimum atomic E-state index is -0.770. The second-order valence-electron chi connectivity index (χ2n) is 5.85. The van der Waals surface area contributed by atoms with Gasteiger partial charge >= 0.3 is 5.76 Å². The van der Waals surface area contributed by atoms with Gasteiger partial charge in [-0.1, -0.05) is 23.2 Å². The van der Waals surface area contributed by atoms with E-state index < -0.39 is 11.6 Å². The lowest BCUT2D eigenvalue weighted by molar-refractivity contribution is 0.342. The Morgan fingerprint density at radius 2 is 2.08 bits per heavy atom. The summed E-state index contributed by atoms with van der Waals surface area (Å²) in [6.07, 6.45) is 1.99. The van der Waals surface area contributed by atoms with Crippen molar-refractivity contribution in [3.8, 4) is 11.5 Å². The number of benzene rings is 1. The standard InChI is InChI=1S/C15H17Cl2FN4O2.ClH/c1-7(8-2-4-19-5-3-8)20-13-11(17)10(16)6-9(12(13)18)14-21-22-15(23)24-14;/h6-8,19-20H,2-5H2,1H3,(H,22,23);1H. The first kappa shape index (κ1) is 20.0. The highest BCUT2D eigenvalue weighted by atomic mass is 35.5. The van der Waals surface area contributed by atoms with Crippen LogP contribution < -0.4 is 16.4 Å². The molecule has 0 spiro atoms. The molecule has 1 atom stereocenters. The SMILES string of the molecule is CC(Nc1c(F)c(-c2n[nH]c(=O)o2)cc(Cl)c1Cl)C1CCNCC1.Cl. The Hall–Kier alpha value is -1.28. The maximum atomic E-state index is 14.9. The molecule has 0 saturated carbocycles. The Morgan fingerprint density at radius 3 is 2.68 bits per heavy atom. The maximum Gasteiger partial charge on any atom is 0.434 e. The molecule has 1 aromatic carbocycles. The number of rotatable bonds is 4. The zero-order valence-corrected chi connectivity index (χ0v) is 15.7. The minimum absolute atomic E-state index is 0. The van der Waals surface area contributed by atoms with Crippen LogP contribution in [-0.4, -0.2) is 29.3 Å². The van der Waals surface area contributed by atoms with Crippen molar-refractivity contribution in [2.75, 3.05) is 18.4 Å². The third-order valence-corrected chi connectivity index (χ3v) is 5.08. The first-order valence-electron chi connectivity index (χ1n) is 7.68. The highest BCUT2D eigenvalue weighted by molar-refractivity contribution is 6.44. The third kappa shape index (κ3) is 4.28. The van der Waals surface area contributed by atoms with Crippen LogP contribution in [0.4, 0.5) is 10.1 Å². The smallest absolute Gasteiger partial charge is 0.388 e. The summed E-state index contributed by atoms with van der Waals surface area (Å²) in [7, 11) is 0. The number of nitrogens with zero attached hydrogens (tertiary/aromatic N) is 1. The molecule has 10 heteroatoms. The molecule has 2 heterocycles. The van der Waals surface area contributed by atoms with Crippen LogP contribution in [0.2, 0.25) is 10.0 Å². The predicted molar refractivity (Wildman–Crippen MR) is 98.5 cm³/mol. The van der Waals surface area contributed by atoms with E-state index >= 15 is 0 Å². The summed E-state index contributed by atoms with van der Waals surface area (Å²) in [4.78, 5) is 11.1. The Bertz CT molecular complexity index is 790. The van der Waals surface area contributed by atoms with Gasteiger partial charge in [0, 0.05) is 6.04 Å². The lowest BCUT2D eigenvalue weighted by Crippen LogP contribution is -2.36. The molecule has 1 aromatic heterocycles. The number of hydrogen-bond acceptors (Lipinski definition) is 5. The van der Waals surface area contributed by atoms with Gasteiger partial charge in [-0.05, 0) is 44.8 Å². The van der Waals surface area contributed by atoms with E-state index in [1.165, 1.54) is 6.07 Å². The molecule has 1 aliphatic rings. The van der Waals surface area contributed by atoms with E-state index in [0.717, 1.165) is 25.9 Å². The fourth-order valence-corrected chi connectivity index (χ4v) is 3.32. The van der Waals surface area contributed by atoms with Crippen LogP contribution in [0.25, 0.3) is 11.5 Å². The highest BCUT2D eigenvalue weighted by Gasteiger charge is 2.25. The maximum absolute atomic E-state index is 14.9. The predicted octanol–water partition coefficient (Wildman–Crippen LogP) is 3.70. The fraction of sp³-hybridized carbons (Fsp3) is 0.467. The van der Waals surface area contributed by atoms with Gasteiger partial charge in [0.25, 0.3) is 5.89 Å². The number of nitrogens with one attached hydrogen (secondary N) is 3. The van der Waals surface area contributed by atoms with E-state index in [-0.39, 0.29) is 45.6 Å². The molecule has 1 saturated heterocycles.